The summed E-state index contributed by atoms with van der Waals surface area (Å²) in [5, 5.41) is 2.08. The van der Waals surface area contributed by atoms with Gasteiger partial charge in [0.15, 0.2) is 0 Å². The maximum atomic E-state index is 12.8. The van der Waals surface area contributed by atoms with E-state index in [-0.39, 0.29) is 18.1 Å². The molecule has 0 N–H and O–H groups in total. The zero-order valence-corrected chi connectivity index (χ0v) is 13.3. The van der Waals surface area contributed by atoms with Crippen LogP contribution in [-0.2, 0) is 17.6 Å². The first-order chi connectivity index (χ1) is 9.54. The normalized spacial score (nSPS) is 30.1. The van der Waals surface area contributed by atoms with Gasteiger partial charge in [0, 0.05) is 23.3 Å². The maximum Gasteiger partial charge on any atom is 0.255 e. The van der Waals surface area contributed by atoms with Gasteiger partial charge in [-0.25, -0.2) is 0 Å². The third-order valence-corrected chi connectivity index (χ3v) is 5.39. The number of carbonyl (C=O) groups is 1. The number of ether oxygens (including phenoxy) is 1. The van der Waals surface area contributed by atoms with Crippen LogP contribution in [0.1, 0.15) is 48.0 Å². The van der Waals surface area contributed by atoms with Gasteiger partial charge >= 0.3 is 0 Å². The highest BCUT2D eigenvalue weighted by molar-refractivity contribution is 7.10. The van der Waals surface area contributed by atoms with E-state index in [4.69, 9.17) is 4.74 Å². The molecule has 0 aromatic carbocycles. The van der Waals surface area contributed by atoms with E-state index >= 15 is 0 Å². The minimum atomic E-state index is 0.136. The highest BCUT2D eigenvalue weighted by atomic mass is 32.1. The molecular formula is C16H23NO2S. The van der Waals surface area contributed by atoms with E-state index in [1.165, 1.54) is 16.9 Å². The van der Waals surface area contributed by atoms with Gasteiger partial charge in [-0.1, -0.05) is 6.92 Å². The van der Waals surface area contributed by atoms with E-state index in [0.717, 1.165) is 24.3 Å². The van der Waals surface area contributed by atoms with Crippen LogP contribution in [0.3, 0.4) is 0 Å². The molecule has 2 aliphatic rings. The number of hydrogen-bond acceptors (Lipinski definition) is 3. The van der Waals surface area contributed by atoms with Gasteiger partial charge in [-0.15, -0.1) is 11.3 Å². The van der Waals surface area contributed by atoms with Gasteiger partial charge in [-0.2, -0.15) is 0 Å². The van der Waals surface area contributed by atoms with Crippen LogP contribution in [0.4, 0.5) is 0 Å². The molecule has 0 radical (unpaired) electrons. The van der Waals surface area contributed by atoms with Gasteiger partial charge in [-0.3, -0.25) is 4.79 Å². The number of thiophene rings is 1. The molecule has 1 aliphatic heterocycles. The number of fused-ring (bicyclic) bond motifs is 1. The molecule has 20 heavy (non-hydrogen) atoms. The molecule has 0 unspecified atom stereocenters. The van der Waals surface area contributed by atoms with Gasteiger partial charge in [0.25, 0.3) is 5.91 Å². The lowest BCUT2D eigenvalue weighted by Gasteiger charge is -2.35. The van der Waals surface area contributed by atoms with E-state index in [1.807, 2.05) is 18.7 Å². The molecule has 0 bridgehead atoms. The third-order valence-electron chi connectivity index (χ3n) is 4.34. The average molecular weight is 293 g/mol. The number of hydrogen-bond donors (Lipinski definition) is 0. The van der Waals surface area contributed by atoms with Crippen LogP contribution >= 0.6 is 11.3 Å². The zero-order chi connectivity index (χ0) is 14.3. The van der Waals surface area contributed by atoms with Crippen molar-refractivity contribution in [1.82, 2.24) is 4.90 Å². The minimum Gasteiger partial charge on any atom is -0.372 e. The number of carbonyl (C=O) groups excluding carboxylic acids is 1. The molecule has 3 rings (SSSR count). The summed E-state index contributed by atoms with van der Waals surface area (Å²) in [5.41, 5.74) is 2.28. The standard InChI is InChI=1S/C16H23NO2S/c1-10-4-5-13-14(9-20-15(13)6-10)16(18)17-7-11(2)19-12(3)8-17/h9-12H,4-8H2,1-3H3/t10-,11-,12+/m0/s1. The Labute approximate surface area is 124 Å². The van der Waals surface area contributed by atoms with Crippen LogP contribution in [0, 0.1) is 5.92 Å². The predicted molar refractivity (Wildman–Crippen MR) is 81.4 cm³/mol. The average Bonchev–Trinajstić information content (AvgIpc) is 2.79. The summed E-state index contributed by atoms with van der Waals surface area (Å²) in [6, 6.07) is 0. The lowest BCUT2D eigenvalue weighted by Crippen LogP contribution is -2.48. The highest BCUT2D eigenvalue weighted by Gasteiger charge is 2.30. The lowest BCUT2D eigenvalue weighted by atomic mass is 9.88. The summed E-state index contributed by atoms with van der Waals surface area (Å²) >= 11 is 1.77. The molecule has 4 heteroatoms. The van der Waals surface area contributed by atoms with Gasteiger partial charge in [0.1, 0.15) is 0 Å². The lowest BCUT2D eigenvalue weighted by molar-refractivity contribution is -0.0586. The first-order valence-corrected chi connectivity index (χ1v) is 8.46. The molecule has 1 aromatic heterocycles. The first kappa shape index (κ1) is 14.1. The summed E-state index contributed by atoms with van der Waals surface area (Å²) in [5.74, 6) is 0.964. The number of amides is 1. The van der Waals surface area contributed by atoms with E-state index < -0.39 is 0 Å². The molecular weight excluding hydrogens is 270 g/mol. The van der Waals surface area contributed by atoms with Gasteiger partial charge < -0.3 is 9.64 Å². The van der Waals surface area contributed by atoms with Crippen molar-refractivity contribution in [3.05, 3.63) is 21.4 Å². The minimum absolute atomic E-state index is 0.136. The largest absolute Gasteiger partial charge is 0.372 e. The van der Waals surface area contributed by atoms with E-state index in [9.17, 15) is 4.79 Å². The Hall–Kier alpha value is -0.870. The molecule has 110 valence electrons. The van der Waals surface area contributed by atoms with Crippen molar-refractivity contribution in [3.63, 3.8) is 0 Å². The van der Waals surface area contributed by atoms with Crippen LogP contribution in [0.5, 0.6) is 0 Å². The maximum absolute atomic E-state index is 12.8. The summed E-state index contributed by atoms with van der Waals surface area (Å²) in [6.07, 6.45) is 3.69. The Morgan fingerprint density at radius 3 is 2.70 bits per heavy atom. The highest BCUT2D eigenvalue weighted by Crippen LogP contribution is 2.33. The third kappa shape index (κ3) is 2.63. The molecule has 1 saturated heterocycles. The fourth-order valence-corrected chi connectivity index (χ4v) is 4.61. The van der Waals surface area contributed by atoms with E-state index in [0.29, 0.717) is 13.1 Å². The summed E-state index contributed by atoms with van der Waals surface area (Å²) in [4.78, 5) is 16.2. The monoisotopic (exact) mass is 293 g/mol. The molecule has 1 fully saturated rings. The molecule has 3 nitrogen and oxygen atoms in total. The number of rotatable bonds is 1. The van der Waals surface area contributed by atoms with Crippen molar-refractivity contribution in [3.8, 4) is 0 Å². The molecule has 0 spiro atoms. The Morgan fingerprint density at radius 2 is 2.00 bits per heavy atom. The molecule has 0 saturated carbocycles. The summed E-state index contributed by atoms with van der Waals surface area (Å²) < 4.78 is 5.72. The van der Waals surface area contributed by atoms with Crippen LogP contribution in [0.25, 0.3) is 0 Å². The van der Waals surface area contributed by atoms with E-state index in [1.54, 1.807) is 11.3 Å². The zero-order valence-electron chi connectivity index (χ0n) is 12.5. The van der Waals surface area contributed by atoms with Crippen molar-refractivity contribution in [1.29, 1.82) is 0 Å². The smallest absolute Gasteiger partial charge is 0.255 e. The number of nitrogens with zero attached hydrogens (tertiary/aromatic N) is 1. The second kappa shape index (κ2) is 5.49. The van der Waals surface area contributed by atoms with Crippen molar-refractivity contribution in [2.24, 2.45) is 5.92 Å². The van der Waals surface area contributed by atoms with Crippen LogP contribution in [0.2, 0.25) is 0 Å². The Morgan fingerprint density at radius 1 is 1.30 bits per heavy atom. The SMILES string of the molecule is C[C@H]1CCc2c(C(=O)N3C[C@@H](C)O[C@@H](C)C3)csc2C1. The van der Waals surface area contributed by atoms with Crippen LogP contribution in [0.15, 0.2) is 5.38 Å². The molecule has 2 heterocycles. The fraction of sp³-hybridized carbons (Fsp3) is 0.688. The quantitative estimate of drug-likeness (QED) is 0.796. The van der Waals surface area contributed by atoms with Gasteiger partial charge in [0.05, 0.1) is 17.8 Å². The van der Waals surface area contributed by atoms with Crippen molar-refractivity contribution < 1.29 is 9.53 Å². The first-order valence-electron chi connectivity index (χ1n) is 7.58. The van der Waals surface area contributed by atoms with Crippen LogP contribution < -0.4 is 0 Å². The van der Waals surface area contributed by atoms with Gasteiger partial charge in [0.2, 0.25) is 0 Å². The van der Waals surface area contributed by atoms with Crippen molar-refractivity contribution >= 4 is 17.2 Å². The van der Waals surface area contributed by atoms with Gasteiger partial charge in [-0.05, 0) is 44.6 Å². The summed E-state index contributed by atoms with van der Waals surface area (Å²) in [7, 11) is 0. The molecule has 1 amide bonds. The fourth-order valence-electron chi connectivity index (χ4n) is 3.37. The summed E-state index contributed by atoms with van der Waals surface area (Å²) in [6.45, 7) is 7.81. The van der Waals surface area contributed by atoms with Crippen LogP contribution in [-0.4, -0.2) is 36.1 Å². The number of morpholine rings is 1. The van der Waals surface area contributed by atoms with E-state index in [2.05, 4.69) is 12.3 Å². The molecule has 1 aromatic rings. The molecule has 1 aliphatic carbocycles. The topological polar surface area (TPSA) is 29.5 Å². The van der Waals surface area contributed by atoms with Crippen molar-refractivity contribution in [2.75, 3.05) is 13.1 Å². The second-order valence-electron chi connectivity index (χ2n) is 6.37. The molecule has 3 atom stereocenters. The Balaban J connectivity index is 1.81. The Bertz CT molecular complexity index is 501. The second-order valence-corrected chi connectivity index (χ2v) is 7.33. The predicted octanol–water partition coefficient (Wildman–Crippen LogP) is 3.12. The Kier molecular flexibility index (Phi) is 3.87. The van der Waals surface area contributed by atoms with Crippen molar-refractivity contribution in [2.45, 2.75) is 52.2 Å².